The Hall–Kier alpha value is -0.930. The number of hydrogen-bond acceptors (Lipinski definition) is 2. The molecule has 0 radical (unpaired) electrons. The van der Waals surface area contributed by atoms with Gasteiger partial charge in [-0.1, -0.05) is 31.4 Å². The Labute approximate surface area is 102 Å². The van der Waals surface area contributed by atoms with Crippen LogP contribution in [0, 0.1) is 5.82 Å². The molecule has 0 amide bonds. The summed E-state index contributed by atoms with van der Waals surface area (Å²) in [5, 5.41) is 0. The number of halogens is 1. The molecule has 2 N–H and O–H groups in total. The molecule has 17 heavy (non-hydrogen) atoms. The molecule has 2 rings (SSSR count). The van der Waals surface area contributed by atoms with E-state index in [2.05, 4.69) is 0 Å². The molecule has 3 heteroatoms. The number of rotatable bonds is 4. The highest BCUT2D eigenvalue weighted by Crippen LogP contribution is 2.21. The standard InChI is InChI=1S/C14H20FNO/c15-12-6-4-5-11(9-12)14(16)10-17-13-7-2-1-3-8-13/h4-6,9,13-14H,1-3,7-8,10,16H2. The summed E-state index contributed by atoms with van der Waals surface area (Å²) in [6.07, 6.45) is 6.43. The monoisotopic (exact) mass is 237 g/mol. The third-order valence-electron chi connectivity index (χ3n) is 3.34. The molecule has 0 bridgehead atoms. The van der Waals surface area contributed by atoms with E-state index in [9.17, 15) is 4.39 Å². The minimum atomic E-state index is -0.240. The Kier molecular flexibility index (Phi) is 4.51. The summed E-state index contributed by atoms with van der Waals surface area (Å²) >= 11 is 0. The number of nitrogens with two attached hydrogens (primary N) is 1. The van der Waals surface area contributed by atoms with Crippen LogP contribution in [0.1, 0.15) is 43.7 Å². The Morgan fingerprint density at radius 3 is 2.76 bits per heavy atom. The molecular formula is C14H20FNO. The second-order valence-electron chi connectivity index (χ2n) is 4.75. The van der Waals surface area contributed by atoms with Crippen molar-refractivity contribution < 1.29 is 9.13 Å². The minimum Gasteiger partial charge on any atom is -0.376 e. The second-order valence-corrected chi connectivity index (χ2v) is 4.75. The predicted molar refractivity (Wildman–Crippen MR) is 66.2 cm³/mol. The van der Waals surface area contributed by atoms with Crippen molar-refractivity contribution in [3.05, 3.63) is 35.6 Å². The molecule has 0 heterocycles. The van der Waals surface area contributed by atoms with Crippen LogP contribution in [0.2, 0.25) is 0 Å². The van der Waals surface area contributed by atoms with Gasteiger partial charge in [-0.3, -0.25) is 0 Å². The summed E-state index contributed by atoms with van der Waals surface area (Å²) in [6.45, 7) is 0.480. The average molecular weight is 237 g/mol. The van der Waals surface area contributed by atoms with Crippen LogP contribution in [0.5, 0.6) is 0 Å². The fourth-order valence-corrected chi connectivity index (χ4v) is 2.31. The third kappa shape index (κ3) is 3.79. The molecule has 1 saturated carbocycles. The van der Waals surface area contributed by atoms with Crippen molar-refractivity contribution >= 4 is 0 Å². The molecule has 1 atom stereocenters. The highest BCUT2D eigenvalue weighted by atomic mass is 19.1. The first-order valence-corrected chi connectivity index (χ1v) is 6.38. The molecule has 1 aromatic rings. The molecule has 1 fully saturated rings. The number of ether oxygens (including phenoxy) is 1. The lowest BCUT2D eigenvalue weighted by Gasteiger charge is -2.23. The zero-order valence-corrected chi connectivity index (χ0v) is 10.1. The van der Waals surface area contributed by atoms with E-state index in [1.54, 1.807) is 6.07 Å². The zero-order valence-electron chi connectivity index (χ0n) is 10.1. The van der Waals surface area contributed by atoms with Crippen molar-refractivity contribution in [1.29, 1.82) is 0 Å². The van der Waals surface area contributed by atoms with Crippen molar-refractivity contribution in [2.75, 3.05) is 6.61 Å². The Balaban J connectivity index is 1.82. The SMILES string of the molecule is NC(COC1CCCCC1)c1cccc(F)c1. The van der Waals surface area contributed by atoms with E-state index in [1.807, 2.05) is 6.07 Å². The van der Waals surface area contributed by atoms with Gasteiger partial charge in [-0.05, 0) is 30.5 Å². The zero-order chi connectivity index (χ0) is 12.1. The molecule has 1 unspecified atom stereocenters. The fraction of sp³-hybridized carbons (Fsp3) is 0.571. The van der Waals surface area contributed by atoms with Crippen LogP contribution >= 0.6 is 0 Å². The molecule has 1 aromatic carbocycles. The van der Waals surface area contributed by atoms with Crippen LogP contribution in [0.4, 0.5) is 4.39 Å². The quantitative estimate of drug-likeness (QED) is 0.873. The van der Waals surface area contributed by atoms with Crippen LogP contribution in [0.3, 0.4) is 0 Å². The fourth-order valence-electron chi connectivity index (χ4n) is 2.31. The van der Waals surface area contributed by atoms with Crippen LogP contribution in [-0.2, 0) is 4.74 Å². The Bertz CT molecular complexity index is 350. The number of benzene rings is 1. The summed E-state index contributed by atoms with van der Waals surface area (Å²) in [5.41, 5.74) is 6.80. The van der Waals surface area contributed by atoms with E-state index in [4.69, 9.17) is 10.5 Å². The topological polar surface area (TPSA) is 35.2 Å². The van der Waals surface area contributed by atoms with Gasteiger partial charge in [-0.25, -0.2) is 4.39 Å². The van der Waals surface area contributed by atoms with E-state index in [0.717, 1.165) is 18.4 Å². The predicted octanol–water partition coefficient (Wildman–Crippen LogP) is 3.17. The van der Waals surface area contributed by atoms with Gasteiger partial charge in [0, 0.05) is 0 Å². The third-order valence-corrected chi connectivity index (χ3v) is 3.34. The molecule has 0 saturated heterocycles. The first kappa shape index (κ1) is 12.5. The van der Waals surface area contributed by atoms with Crippen molar-refractivity contribution in [2.24, 2.45) is 5.73 Å². The summed E-state index contributed by atoms with van der Waals surface area (Å²) in [7, 11) is 0. The maximum Gasteiger partial charge on any atom is 0.123 e. The van der Waals surface area contributed by atoms with E-state index in [1.165, 1.54) is 31.4 Å². The smallest absolute Gasteiger partial charge is 0.123 e. The number of hydrogen-bond donors (Lipinski definition) is 1. The van der Waals surface area contributed by atoms with Gasteiger partial charge >= 0.3 is 0 Å². The van der Waals surface area contributed by atoms with Crippen LogP contribution < -0.4 is 5.73 Å². The van der Waals surface area contributed by atoms with E-state index < -0.39 is 0 Å². The maximum atomic E-state index is 13.0. The second kappa shape index (κ2) is 6.12. The van der Waals surface area contributed by atoms with Gasteiger partial charge in [0.2, 0.25) is 0 Å². The van der Waals surface area contributed by atoms with Gasteiger partial charge in [-0.2, -0.15) is 0 Å². The summed E-state index contributed by atoms with van der Waals surface area (Å²) in [4.78, 5) is 0. The normalized spacial score (nSPS) is 19.2. The van der Waals surface area contributed by atoms with E-state index in [0.29, 0.717) is 12.7 Å². The van der Waals surface area contributed by atoms with Crippen LogP contribution in [0.25, 0.3) is 0 Å². The first-order chi connectivity index (χ1) is 8.25. The molecular weight excluding hydrogens is 217 g/mol. The van der Waals surface area contributed by atoms with E-state index >= 15 is 0 Å². The summed E-state index contributed by atoms with van der Waals surface area (Å²) < 4.78 is 18.8. The van der Waals surface area contributed by atoms with E-state index in [-0.39, 0.29) is 11.9 Å². The van der Waals surface area contributed by atoms with Crippen molar-refractivity contribution in [3.63, 3.8) is 0 Å². The Morgan fingerprint density at radius 1 is 1.29 bits per heavy atom. The first-order valence-electron chi connectivity index (χ1n) is 6.38. The van der Waals surface area contributed by atoms with Crippen LogP contribution in [-0.4, -0.2) is 12.7 Å². The van der Waals surface area contributed by atoms with Crippen molar-refractivity contribution in [1.82, 2.24) is 0 Å². The van der Waals surface area contributed by atoms with Gasteiger partial charge in [-0.15, -0.1) is 0 Å². The molecule has 0 aliphatic heterocycles. The van der Waals surface area contributed by atoms with Crippen molar-refractivity contribution in [3.8, 4) is 0 Å². The van der Waals surface area contributed by atoms with Gasteiger partial charge < -0.3 is 10.5 Å². The minimum absolute atomic E-state index is 0.229. The average Bonchev–Trinajstić information content (AvgIpc) is 2.37. The lowest BCUT2D eigenvalue weighted by Crippen LogP contribution is -2.24. The Morgan fingerprint density at radius 2 is 2.06 bits per heavy atom. The molecule has 94 valence electrons. The van der Waals surface area contributed by atoms with Crippen molar-refractivity contribution in [2.45, 2.75) is 44.2 Å². The maximum absolute atomic E-state index is 13.0. The summed E-state index contributed by atoms with van der Waals surface area (Å²) in [6, 6.07) is 6.21. The largest absolute Gasteiger partial charge is 0.376 e. The molecule has 1 aliphatic carbocycles. The molecule has 0 spiro atoms. The lowest BCUT2D eigenvalue weighted by molar-refractivity contribution is 0.0206. The highest BCUT2D eigenvalue weighted by Gasteiger charge is 2.15. The molecule has 0 aromatic heterocycles. The van der Waals surface area contributed by atoms with Crippen LogP contribution in [0.15, 0.2) is 24.3 Å². The highest BCUT2D eigenvalue weighted by molar-refractivity contribution is 5.19. The molecule has 1 aliphatic rings. The van der Waals surface area contributed by atoms with Gasteiger partial charge in [0.1, 0.15) is 5.82 Å². The lowest BCUT2D eigenvalue weighted by atomic mass is 9.98. The van der Waals surface area contributed by atoms with Gasteiger partial charge in [0.25, 0.3) is 0 Å². The van der Waals surface area contributed by atoms with Gasteiger partial charge in [0.05, 0.1) is 18.8 Å². The summed E-state index contributed by atoms with van der Waals surface area (Å²) in [5.74, 6) is -0.240. The molecule has 2 nitrogen and oxygen atoms in total. The van der Waals surface area contributed by atoms with Gasteiger partial charge in [0.15, 0.2) is 0 Å².